The molecule has 108 valence electrons. The predicted molar refractivity (Wildman–Crippen MR) is 79.5 cm³/mol. The Bertz CT molecular complexity index is 496. The first-order chi connectivity index (χ1) is 9.43. The number of carboxylic acid groups (broad SMARTS) is 1. The number of carbonyl (C=O) groups is 2. The average molecular weight is 296 g/mol. The highest BCUT2D eigenvalue weighted by atomic mass is 35.5. The number of nitrogens with one attached hydrogen (secondary N) is 1. The molecule has 2 N–H and O–H groups in total. The van der Waals surface area contributed by atoms with Crippen LogP contribution >= 0.6 is 11.6 Å². The monoisotopic (exact) mass is 295 g/mol. The van der Waals surface area contributed by atoms with Gasteiger partial charge in [0.05, 0.1) is 0 Å². The van der Waals surface area contributed by atoms with Crippen molar-refractivity contribution in [1.29, 1.82) is 0 Å². The maximum Gasteiger partial charge on any atom is 0.326 e. The number of halogens is 1. The summed E-state index contributed by atoms with van der Waals surface area (Å²) in [5.41, 5.74) is 0.819. The Labute approximate surface area is 123 Å². The third-order valence-electron chi connectivity index (χ3n) is 3.07. The highest BCUT2D eigenvalue weighted by molar-refractivity contribution is 6.30. The lowest BCUT2D eigenvalue weighted by atomic mass is 9.99. The van der Waals surface area contributed by atoms with Crippen molar-refractivity contribution >= 4 is 29.6 Å². The van der Waals surface area contributed by atoms with Crippen molar-refractivity contribution in [3.8, 4) is 0 Å². The molecule has 0 saturated carbocycles. The second-order valence-electron chi connectivity index (χ2n) is 4.59. The lowest BCUT2D eigenvalue weighted by molar-refractivity contribution is -0.142. The molecule has 0 aliphatic heterocycles. The van der Waals surface area contributed by atoms with Gasteiger partial charge in [-0.05, 0) is 29.7 Å². The topological polar surface area (TPSA) is 66.4 Å². The van der Waals surface area contributed by atoms with E-state index < -0.39 is 17.9 Å². The van der Waals surface area contributed by atoms with E-state index in [0.717, 1.165) is 5.56 Å². The highest BCUT2D eigenvalue weighted by Crippen LogP contribution is 2.11. The molecule has 0 aromatic heterocycles. The van der Waals surface area contributed by atoms with Gasteiger partial charge in [-0.25, -0.2) is 4.79 Å². The SMILES string of the molecule is CC[C@H](C)[C@H](NC(=O)/C=C/c1ccc(Cl)cc1)C(=O)O. The fraction of sp³-hybridized carbons (Fsp3) is 0.333. The van der Waals surface area contributed by atoms with Gasteiger partial charge in [0.2, 0.25) is 5.91 Å². The van der Waals surface area contributed by atoms with Crippen LogP contribution in [0.5, 0.6) is 0 Å². The van der Waals surface area contributed by atoms with Crippen LogP contribution in [0.15, 0.2) is 30.3 Å². The van der Waals surface area contributed by atoms with E-state index in [-0.39, 0.29) is 5.92 Å². The van der Waals surface area contributed by atoms with Crippen molar-refractivity contribution in [1.82, 2.24) is 5.32 Å². The van der Waals surface area contributed by atoms with Crippen LogP contribution in [0.1, 0.15) is 25.8 Å². The van der Waals surface area contributed by atoms with Crippen LogP contribution in [0.4, 0.5) is 0 Å². The molecular formula is C15H18ClNO3. The van der Waals surface area contributed by atoms with Gasteiger partial charge in [0.15, 0.2) is 0 Å². The summed E-state index contributed by atoms with van der Waals surface area (Å²) in [6, 6.07) is 6.11. The summed E-state index contributed by atoms with van der Waals surface area (Å²) in [5.74, 6) is -1.57. The van der Waals surface area contributed by atoms with Crippen LogP contribution in [0.3, 0.4) is 0 Å². The Kier molecular flexibility index (Phi) is 6.25. The van der Waals surface area contributed by atoms with Gasteiger partial charge in [-0.3, -0.25) is 4.79 Å². The Morgan fingerprint density at radius 1 is 1.35 bits per heavy atom. The Morgan fingerprint density at radius 2 is 1.95 bits per heavy atom. The van der Waals surface area contributed by atoms with Crippen molar-refractivity contribution in [2.45, 2.75) is 26.3 Å². The molecule has 2 atom stereocenters. The predicted octanol–water partition coefficient (Wildman–Crippen LogP) is 2.97. The molecule has 0 aliphatic rings. The maximum atomic E-state index is 11.7. The summed E-state index contributed by atoms with van der Waals surface area (Å²) < 4.78 is 0. The molecule has 20 heavy (non-hydrogen) atoms. The first kappa shape index (κ1) is 16.2. The van der Waals surface area contributed by atoms with E-state index in [1.54, 1.807) is 37.3 Å². The number of hydrogen-bond acceptors (Lipinski definition) is 2. The van der Waals surface area contributed by atoms with E-state index in [1.165, 1.54) is 6.08 Å². The summed E-state index contributed by atoms with van der Waals surface area (Å²) in [6.07, 6.45) is 3.61. The third kappa shape index (κ3) is 5.05. The molecule has 1 aromatic rings. The van der Waals surface area contributed by atoms with E-state index in [9.17, 15) is 9.59 Å². The van der Waals surface area contributed by atoms with Crippen molar-refractivity contribution in [3.05, 3.63) is 40.9 Å². The molecule has 5 heteroatoms. The quantitative estimate of drug-likeness (QED) is 0.793. The van der Waals surface area contributed by atoms with Crippen molar-refractivity contribution in [2.75, 3.05) is 0 Å². The second kappa shape index (κ2) is 7.70. The molecule has 0 unspecified atom stereocenters. The lowest BCUT2D eigenvalue weighted by Crippen LogP contribution is -2.44. The first-order valence-electron chi connectivity index (χ1n) is 6.41. The maximum absolute atomic E-state index is 11.7. The van der Waals surface area contributed by atoms with Gasteiger partial charge in [-0.1, -0.05) is 44.0 Å². The summed E-state index contributed by atoms with van der Waals surface area (Å²) >= 11 is 5.76. The fourth-order valence-corrected chi connectivity index (χ4v) is 1.76. The number of carbonyl (C=O) groups excluding carboxylic acids is 1. The van der Waals surface area contributed by atoms with Crippen LogP contribution in [0.25, 0.3) is 6.08 Å². The zero-order valence-corrected chi connectivity index (χ0v) is 12.2. The van der Waals surface area contributed by atoms with Gasteiger partial charge in [0.25, 0.3) is 0 Å². The fourth-order valence-electron chi connectivity index (χ4n) is 1.63. The molecule has 0 spiro atoms. The standard InChI is InChI=1S/C15H18ClNO3/c1-3-10(2)14(15(19)20)17-13(18)9-6-11-4-7-12(16)8-5-11/h4-10,14H,3H2,1-2H3,(H,17,18)(H,19,20)/b9-6+/t10-,14-/m0/s1. The molecule has 1 aromatic carbocycles. The molecule has 0 saturated heterocycles. The summed E-state index contributed by atoms with van der Waals surface area (Å²) in [5, 5.41) is 12.2. The highest BCUT2D eigenvalue weighted by Gasteiger charge is 2.24. The van der Waals surface area contributed by atoms with E-state index in [4.69, 9.17) is 16.7 Å². The average Bonchev–Trinajstić information content (AvgIpc) is 2.43. The Morgan fingerprint density at radius 3 is 2.45 bits per heavy atom. The summed E-state index contributed by atoms with van der Waals surface area (Å²) in [6.45, 7) is 3.68. The zero-order chi connectivity index (χ0) is 15.1. The molecule has 0 heterocycles. The van der Waals surface area contributed by atoms with Crippen LogP contribution < -0.4 is 5.32 Å². The van der Waals surface area contributed by atoms with Crippen molar-refractivity contribution in [3.63, 3.8) is 0 Å². The van der Waals surface area contributed by atoms with Crippen molar-refractivity contribution in [2.24, 2.45) is 5.92 Å². The van der Waals surface area contributed by atoms with Gasteiger partial charge in [-0.15, -0.1) is 0 Å². The number of aliphatic carboxylic acids is 1. The number of hydrogen-bond donors (Lipinski definition) is 2. The molecule has 1 amide bonds. The minimum Gasteiger partial charge on any atom is -0.480 e. The van der Waals surface area contributed by atoms with Gasteiger partial charge < -0.3 is 10.4 Å². The number of carboxylic acids is 1. The minimum atomic E-state index is -1.02. The molecule has 0 bridgehead atoms. The van der Waals surface area contributed by atoms with Gasteiger partial charge in [-0.2, -0.15) is 0 Å². The van der Waals surface area contributed by atoms with Gasteiger partial charge in [0.1, 0.15) is 6.04 Å². The third-order valence-corrected chi connectivity index (χ3v) is 3.33. The smallest absolute Gasteiger partial charge is 0.326 e. The van der Waals surface area contributed by atoms with Crippen LogP contribution in [-0.2, 0) is 9.59 Å². The van der Waals surface area contributed by atoms with E-state index in [1.807, 2.05) is 6.92 Å². The number of rotatable bonds is 6. The normalized spacial score (nSPS) is 13.9. The summed E-state index contributed by atoms with van der Waals surface area (Å²) in [7, 11) is 0. The van der Waals surface area contributed by atoms with E-state index in [0.29, 0.717) is 11.4 Å². The number of amides is 1. The largest absolute Gasteiger partial charge is 0.480 e. The van der Waals surface area contributed by atoms with E-state index >= 15 is 0 Å². The van der Waals surface area contributed by atoms with Crippen LogP contribution in [0.2, 0.25) is 5.02 Å². The first-order valence-corrected chi connectivity index (χ1v) is 6.78. The van der Waals surface area contributed by atoms with Crippen molar-refractivity contribution < 1.29 is 14.7 Å². The van der Waals surface area contributed by atoms with Gasteiger partial charge in [0, 0.05) is 11.1 Å². The molecule has 0 aliphatic carbocycles. The van der Waals surface area contributed by atoms with E-state index in [2.05, 4.69) is 5.32 Å². The molecule has 1 rings (SSSR count). The lowest BCUT2D eigenvalue weighted by Gasteiger charge is -2.19. The Balaban J connectivity index is 2.66. The van der Waals surface area contributed by atoms with Crippen LogP contribution in [-0.4, -0.2) is 23.0 Å². The molecule has 4 nitrogen and oxygen atoms in total. The van der Waals surface area contributed by atoms with Crippen LogP contribution in [0, 0.1) is 5.92 Å². The summed E-state index contributed by atoms with van der Waals surface area (Å²) in [4.78, 5) is 22.8. The molecule has 0 fully saturated rings. The Hall–Kier alpha value is -1.81. The minimum absolute atomic E-state index is 0.125. The second-order valence-corrected chi connectivity index (χ2v) is 5.03. The molecule has 0 radical (unpaired) electrons. The zero-order valence-electron chi connectivity index (χ0n) is 11.5. The molecular weight excluding hydrogens is 278 g/mol. The number of benzene rings is 1. The van der Waals surface area contributed by atoms with Gasteiger partial charge >= 0.3 is 5.97 Å².